The minimum atomic E-state index is -0.0381. The van der Waals surface area contributed by atoms with E-state index in [1.54, 1.807) is 0 Å². The van der Waals surface area contributed by atoms with E-state index >= 15 is 0 Å². The van der Waals surface area contributed by atoms with Gasteiger partial charge in [0.25, 0.3) is 0 Å². The number of piperidine rings is 1. The summed E-state index contributed by atoms with van der Waals surface area (Å²) in [5.41, 5.74) is 2.81. The van der Waals surface area contributed by atoms with Gasteiger partial charge in [-0.05, 0) is 54.6 Å². The lowest BCUT2D eigenvalue weighted by Crippen LogP contribution is -2.56. The zero-order valence-electron chi connectivity index (χ0n) is 14.8. The van der Waals surface area contributed by atoms with E-state index in [1.807, 2.05) is 0 Å². The van der Waals surface area contributed by atoms with E-state index in [0.717, 1.165) is 38.8 Å². The lowest BCUT2D eigenvalue weighted by molar-refractivity contribution is -0.141. The van der Waals surface area contributed by atoms with Crippen molar-refractivity contribution in [2.45, 2.75) is 50.5 Å². The molecule has 1 N–H and O–H groups in total. The van der Waals surface area contributed by atoms with E-state index in [0.29, 0.717) is 30.1 Å². The molecule has 5 rings (SSSR count). The zero-order chi connectivity index (χ0) is 17.2. The van der Waals surface area contributed by atoms with Gasteiger partial charge in [0.2, 0.25) is 11.8 Å². The molecule has 2 aliphatic carbocycles. The molecule has 3 atom stereocenters. The Morgan fingerprint density at radius 2 is 1.88 bits per heavy atom. The Balaban J connectivity index is 1.16. The first kappa shape index (κ1) is 15.4. The molecule has 0 aromatic heterocycles. The number of fused-ring (bicyclic) bond motifs is 1. The second kappa shape index (κ2) is 5.33. The Morgan fingerprint density at radius 3 is 2.44 bits per heavy atom. The van der Waals surface area contributed by atoms with Crippen molar-refractivity contribution in [1.82, 2.24) is 10.2 Å². The van der Waals surface area contributed by atoms with Crippen molar-refractivity contribution in [3.05, 3.63) is 35.4 Å². The van der Waals surface area contributed by atoms with Crippen LogP contribution in [0, 0.1) is 17.8 Å². The van der Waals surface area contributed by atoms with Crippen LogP contribution in [-0.4, -0.2) is 35.3 Å². The summed E-state index contributed by atoms with van der Waals surface area (Å²) in [6, 6.07) is 9.06. The van der Waals surface area contributed by atoms with Gasteiger partial charge in [-0.25, -0.2) is 0 Å². The maximum absolute atomic E-state index is 12.8. The molecular formula is C21H26N2O2. The number of nitrogens with zero attached hydrogens (tertiary/aromatic N) is 1. The maximum Gasteiger partial charge on any atom is 0.225 e. The Bertz CT molecular complexity index is 708. The zero-order valence-corrected chi connectivity index (χ0v) is 14.8. The number of aryl methyl sites for hydroxylation is 1. The second-order valence-corrected chi connectivity index (χ2v) is 8.63. The predicted octanol–water partition coefficient (Wildman–Crippen LogP) is 2.48. The van der Waals surface area contributed by atoms with E-state index in [9.17, 15) is 9.59 Å². The van der Waals surface area contributed by atoms with Crippen LogP contribution >= 0.6 is 0 Å². The summed E-state index contributed by atoms with van der Waals surface area (Å²) in [5.74, 6) is 2.62. The number of benzene rings is 1. The van der Waals surface area contributed by atoms with Gasteiger partial charge >= 0.3 is 0 Å². The van der Waals surface area contributed by atoms with Crippen molar-refractivity contribution in [3.8, 4) is 0 Å². The summed E-state index contributed by atoms with van der Waals surface area (Å²) in [6.07, 6.45) is 4.34. The van der Waals surface area contributed by atoms with Crippen LogP contribution in [0.2, 0.25) is 0 Å². The number of carbonyl (C=O) groups is 2. The molecule has 4 heteroatoms. The predicted molar refractivity (Wildman–Crippen MR) is 95.0 cm³/mol. The highest BCUT2D eigenvalue weighted by molar-refractivity contribution is 5.84. The summed E-state index contributed by atoms with van der Waals surface area (Å²) < 4.78 is 0. The summed E-state index contributed by atoms with van der Waals surface area (Å²) in [7, 11) is 0. The largest absolute Gasteiger partial charge is 0.351 e. The van der Waals surface area contributed by atoms with Crippen LogP contribution in [0.25, 0.3) is 0 Å². The third kappa shape index (κ3) is 2.41. The average Bonchev–Trinajstić information content (AvgIpc) is 2.94. The Morgan fingerprint density at radius 1 is 1.20 bits per heavy atom. The van der Waals surface area contributed by atoms with Gasteiger partial charge in [-0.2, -0.15) is 0 Å². The first-order chi connectivity index (χ1) is 12.1. The molecule has 1 spiro atoms. The summed E-state index contributed by atoms with van der Waals surface area (Å²) in [5, 5.41) is 3.09. The van der Waals surface area contributed by atoms with Crippen LogP contribution < -0.4 is 5.32 Å². The number of likely N-dealkylation sites (tertiary alicyclic amines) is 1. The fraction of sp³-hybridized carbons (Fsp3) is 0.619. The van der Waals surface area contributed by atoms with E-state index in [4.69, 9.17) is 0 Å². The van der Waals surface area contributed by atoms with Gasteiger partial charge in [-0.3, -0.25) is 9.59 Å². The molecule has 2 saturated heterocycles. The molecule has 4 aliphatic rings. The van der Waals surface area contributed by atoms with Gasteiger partial charge in [-0.15, -0.1) is 0 Å². The minimum absolute atomic E-state index is 0.0381. The van der Waals surface area contributed by atoms with Crippen LogP contribution in [0.1, 0.15) is 49.7 Å². The Kier molecular flexibility index (Phi) is 3.28. The van der Waals surface area contributed by atoms with Gasteiger partial charge in [0.05, 0.1) is 0 Å². The average molecular weight is 338 g/mol. The molecule has 2 aliphatic heterocycles. The van der Waals surface area contributed by atoms with E-state index < -0.39 is 0 Å². The smallest absolute Gasteiger partial charge is 0.225 e. The van der Waals surface area contributed by atoms with Crippen molar-refractivity contribution < 1.29 is 9.59 Å². The first-order valence-electron chi connectivity index (χ1n) is 9.77. The topological polar surface area (TPSA) is 49.4 Å². The summed E-state index contributed by atoms with van der Waals surface area (Å²) >= 11 is 0. The monoisotopic (exact) mass is 338 g/mol. The van der Waals surface area contributed by atoms with E-state index in [1.165, 1.54) is 11.1 Å². The van der Waals surface area contributed by atoms with Crippen LogP contribution in [0.5, 0.6) is 0 Å². The standard InChI is InChI=1S/C21H26N2O2/c1-2-13-3-5-14(6-4-13)19-16-11-23(12-17(16)19)20(25)15-9-21(10-15)8-7-18(24)22-21/h3-6,15-17,19H,2,7-12H2,1H3,(H,22,24)/t15?,16-,17+,19?,21?. The van der Waals surface area contributed by atoms with Gasteiger partial charge in [-0.1, -0.05) is 31.2 Å². The molecule has 25 heavy (non-hydrogen) atoms. The van der Waals surface area contributed by atoms with Crippen LogP contribution in [0.15, 0.2) is 24.3 Å². The molecule has 2 saturated carbocycles. The van der Waals surface area contributed by atoms with E-state index in [2.05, 4.69) is 41.4 Å². The number of hydrogen-bond donors (Lipinski definition) is 1. The number of amides is 2. The molecule has 2 amide bonds. The highest BCUT2D eigenvalue weighted by atomic mass is 16.2. The van der Waals surface area contributed by atoms with Gasteiger partial charge in [0.15, 0.2) is 0 Å². The Hall–Kier alpha value is -1.84. The Labute approximate surface area is 149 Å². The number of carbonyl (C=O) groups excluding carboxylic acids is 2. The number of rotatable bonds is 3. The number of hydrogen-bond acceptors (Lipinski definition) is 2. The van der Waals surface area contributed by atoms with Crippen LogP contribution in [0.3, 0.4) is 0 Å². The molecule has 1 unspecified atom stereocenters. The van der Waals surface area contributed by atoms with Gasteiger partial charge < -0.3 is 10.2 Å². The fourth-order valence-corrected chi connectivity index (χ4v) is 5.57. The number of nitrogens with one attached hydrogen (secondary N) is 1. The summed E-state index contributed by atoms with van der Waals surface area (Å²) in [6.45, 7) is 4.05. The molecular weight excluding hydrogens is 312 g/mol. The van der Waals surface area contributed by atoms with Crippen molar-refractivity contribution in [1.29, 1.82) is 0 Å². The molecule has 132 valence electrons. The van der Waals surface area contributed by atoms with Crippen molar-refractivity contribution in [2.75, 3.05) is 13.1 Å². The van der Waals surface area contributed by atoms with Gasteiger partial charge in [0.1, 0.15) is 0 Å². The molecule has 1 aromatic rings. The first-order valence-corrected chi connectivity index (χ1v) is 9.77. The molecule has 2 heterocycles. The van der Waals surface area contributed by atoms with Crippen molar-refractivity contribution in [3.63, 3.8) is 0 Å². The van der Waals surface area contributed by atoms with E-state index in [-0.39, 0.29) is 17.4 Å². The molecule has 1 aromatic carbocycles. The van der Waals surface area contributed by atoms with Crippen LogP contribution in [0.4, 0.5) is 0 Å². The fourth-order valence-electron chi connectivity index (χ4n) is 5.57. The highest BCUT2D eigenvalue weighted by Gasteiger charge is 2.59. The SMILES string of the molecule is CCc1ccc(C2[C@H]3CN(C(=O)C4CC5(CCC(=O)N5)C4)C[C@@H]23)cc1. The lowest BCUT2D eigenvalue weighted by atomic mass is 9.67. The molecule has 4 nitrogen and oxygen atoms in total. The summed E-state index contributed by atoms with van der Waals surface area (Å²) in [4.78, 5) is 26.3. The second-order valence-electron chi connectivity index (χ2n) is 8.63. The molecule has 0 bridgehead atoms. The minimum Gasteiger partial charge on any atom is -0.351 e. The van der Waals surface area contributed by atoms with Crippen molar-refractivity contribution in [2.24, 2.45) is 17.8 Å². The van der Waals surface area contributed by atoms with Crippen LogP contribution in [-0.2, 0) is 16.0 Å². The van der Waals surface area contributed by atoms with Crippen molar-refractivity contribution >= 4 is 11.8 Å². The highest BCUT2D eigenvalue weighted by Crippen LogP contribution is 2.58. The quantitative estimate of drug-likeness (QED) is 0.920. The maximum atomic E-state index is 12.8. The lowest BCUT2D eigenvalue weighted by Gasteiger charge is -2.45. The third-order valence-corrected chi connectivity index (χ3v) is 7.14. The van der Waals surface area contributed by atoms with Gasteiger partial charge in [0, 0.05) is 31.0 Å². The molecule has 0 radical (unpaired) electrons. The molecule has 4 fully saturated rings. The normalized spacial score (nSPS) is 38.4. The third-order valence-electron chi connectivity index (χ3n) is 7.14.